The Hall–Kier alpha value is -1.02. The Kier molecular flexibility index (Phi) is 2.23. The van der Waals surface area contributed by atoms with Gasteiger partial charge in [0.1, 0.15) is 5.75 Å². The van der Waals surface area contributed by atoms with E-state index in [1.807, 2.05) is 0 Å². The first kappa shape index (κ1) is 8.57. The van der Waals surface area contributed by atoms with Crippen molar-refractivity contribution in [1.82, 2.24) is 0 Å². The molecular weight excluding hydrogens is 162 g/mol. The molecule has 0 saturated carbocycles. The number of rotatable bonds is 2. The fourth-order valence-electron chi connectivity index (χ4n) is 1.65. The third-order valence-electron chi connectivity index (χ3n) is 2.59. The molecule has 0 unspecified atom stereocenters. The van der Waals surface area contributed by atoms with E-state index in [9.17, 15) is 0 Å². The van der Waals surface area contributed by atoms with Gasteiger partial charge in [0.2, 0.25) is 0 Å². The van der Waals surface area contributed by atoms with Crippen molar-refractivity contribution in [2.75, 3.05) is 6.61 Å². The summed E-state index contributed by atoms with van der Waals surface area (Å²) in [4.78, 5) is 0. The molecule has 70 valence electrons. The van der Waals surface area contributed by atoms with E-state index in [-0.39, 0.29) is 6.04 Å². The second kappa shape index (κ2) is 3.38. The highest BCUT2D eigenvalue weighted by molar-refractivity contribution is 5.40. The molecular formula is C11H15NO. The molecule has 0 bridgehead atoms. The number of hydrogen-bond donors (Lipinski definition) is 1. The van der Waals surface area contributed by atoms with Gasteiger partial charge in [-0.1, -0.05) is 19.1 Å². The number of nitrogens with two attached hydrogens (primary N) is 1. The first-order valence-electron chi connectivity index (χ1n) is 4.82. The minimum atomic E-state index is 0.148. The largest absolute Gasteiger partial charge is 0.493 e. The van der Waals surface area contributed by atoms with Crippen molar-refractivity contribution in [2.24, 2.45) is 5.73 Å². The van der Waals surface area contributed by atoms with Gasteiger partial charge in [-0.3, -0.25) is 0 Å². The van der Waals surface area contributed by atoms with Crippen molar-refractivity contribution < 1.29 is 4.74 Å². The van der Waals surface area contributed by atoms with Crippen molar-refractivity contribution >= 4 is 0 Å². The summed E-state index contributed by atoms with van der Waals surface area (Å²) < 4.78 is 5.48. The van der Waals surface area contributed by atoms with Gasteiger partial charge in [-0.2, -0.15) is 0 Å². The van der Waals surface area contributed by atoms with Gasteiger partial charge in [-0.25, -0.2) is 0 Å². The lowest BCUT2D eigenvalue weighted by atomic mass is 10.0. The van der Waals surface area contributed by atoms with Crippen molar-refractivity contribution in [3.63, 3.8) is 0 Å². The summed E-state index contributed by atoms with van der Waals surface area (Å²) in [5.41, 5.74) is 8.43. The molecule has 2 nitrogen and oxygen atoms in total. The molecule has 1 aromatic rings. The van der Waals surface area contributed by atoms with E-state index in [1.165, 1.54) is 11.1 Å². The van der Waals surface area contributed by atoms with Crippen molar-refractivity contribution in [3.8, 4) is 5.75 Å². The molecule has 13 heavy (non-hydrogen) atoms. The monoisotopic (exact) mass is 177 g/mol. The molecule has 0 fully saturated rings. The Labute approximate surface area is 78.7 Å². The van der Waals surface area contributed by atoms with Crippen LogP contribution < -0.4 is 10.5 Å². The molecule has 0 amide bonds. The number of hydrogen-bond acceptors (Lipinski definition) is 2. The van der Waals surface area contributed by atoms with Gasteiger partial charge in [-0.15, -0.1) is 0 Å². The quantitative estimate of drug-likeness (QED) is 0.750. The normalized spacial score (nSPS) is 16.5. The topological polar surface area (TPSA) is 35.2 Å². The lowest BCUT2D eigenvalue weighted by Crippen LogP contribution is -2.08. The SMILES string of the molecule is CC[C@H](N)c1ccc2c(c1)OCC2. The molecule has 0 aromatic heterocycles. The first-order chi connectivity index (χ1) is 6.31. The van der Waals surface area contributed by atoms with Crippen LogP contribution in [0.2, 0.25) is 0 Å². The van der Waals surface area contributed by atoms with Gasteiger partial charge < -0.3 is 10.5 Å². The van der Waals surface area contributed by atoms with Gasteiger partial charge in [0.05, 0.1) is 6.61 Å². The number of ether oxygens (including phenoxy) is 1. The zero-order chi connectivity index (χ0) is 9.26. The molecule has 0 aliphatic carbocycles. The molecule has 2 N–H and O–H groups in total. The van der Waals surface area contributed by atoms with Gasteiger partial charge in [0.25, 0.3) is 0 Å². The lowest BCUT2D eigenvalue weighted by Gasteiger charge is -2.10. The van der Waals surface area contributed by atoms with E-state index < -0.39 is 0 Å². The second-order valence-electron chi connectivity index (χ2n) is 3.48. The molecule has 2 rings (SSSR count). The van der Waals surface area contributed by atoms with Crippen LogP contribution in [-0.2, 0) is 6.42 Å². The fourth-order valence-corrected chi connectivity index (χ4v) is 1.65. The van der Waals surface area contributed by atoms with Crippen LogP contribution in [0.1, 0.15) is 30.5 Å². The van der Waals surface area contributed by atoms with Crippen molar-refractivity contribution in [1.29, 1.82) is 0 Å². The summed E-state index contributed by atoms with van der Waals surface area (Å²) in [6.07, 6.45) is 2.01. The van der Waals surface area contributed by atoms with Crippen LogP contribution in [0.5, 0.6) is 5.75 Å². The van der Waals surface area contributed by atoms with E-state index in [4.69, 9.17) is 10.5 Å². The van der Waals surface area contributed by atoms with E-state index in [2.05, 4.69) is 25.1 Å². The van der Waals surface area contributed by atoms with Crippen LogP contribution in [0.25, 0.3) is 0 Å². The summed E-state index contributed by atoms with van der Waals surface area (Å²) in [6, 6.07) is 6.47. The highest BCUT2D eigenvalue weighted by Crippen LogP contribution is 2.28. The van der Waals surface area contributed by atoms with Crippen LogP contribution >= 0.6 is 0 Å². The van der Waals surface area contributed by atoms with Crippen LogP contribution in [0.3, 0.4) is 0 Å². The van der Waals surface area contributed by atoms with Crippen LogP contribution in [0.15, 0.2) is 18.2 Å². The van der Waals surface area contributed by atoms with E-state index in [1.54, 1.807) is 0 Å². The van der Waals surface area contributed by atoms with Crippen molar-refractivity contribution in [3.05, 3.63) is 29.3 Å². The minimum absolute atomic E-state index is 0.148. The average molecular weight is 177 g/mol. The maximum absolute atomic E-state index is 5.93. The van der Waals surface area contributed by atoms with Crippen molar-refractivity contribution in [2.45, 2.75) is 25.8 Å². The Balaban J connectivity index is 2.30. The van der Waals surface area contributed by atoms with Gasteiger partial charge in [0.15, 0.2) is 0 Å². The standard InChI is InChI=1S/C11H15NO/c1-2-10(12)9-4-3-8-5-6-13-11(8)7-9/h3-4,7,10H,2,5-6,12H2,1H3/t10-/m0/s1. The van der Waals surface area contributed by atoms with Crippen LogP contribution in [-0.4, -0.2) is 6.61 Å². The highest BCUT2D eigenvalue weighted by Gasteiger charge is 2.13. The van der Waals surface area contributed by atoms with E-state index in [0.717, 1.165) is 25.2 Å². The number of benzene rings is 1. The molecule has 0 saturated heterocycles. The van der Waals surface area contributed by atoms with Gasteiger partial charge in [-0.05, 0) is 23.6 Å². The Bertz CT molecular complexity index is 309. The third kappa shape index (κ3) is 1.54. The molecule has 2 heteroatoms. The zero-order valence-electron chi connectivity index (χ0n) is 7.92. The summed E-state index contributed by atoms with van der Waals surface area (Å²) in [7, 11) is 0. The highest BCUT2D eigenvalue weighted by atomic mass is 16.5. The van der Waals surface area contributed by atoms with E-state index in [0.29, 0.717) is 0 Å². The Morgan fingerprint density at radius 1 is 1.54 bits per heavy atom. The zero-order valence-corrected chi connectivity index (χ0v) is 7.92. The lowest BCUT2D eigenvalue weighted by molar-refractivity contribution is 0.356. The van der Waals surface area contributed by atoms with E-state index >= 15 is 0 Å². The molecule has 1 heterocycles. The predicted molar refractivity (Wildman–Crippen MR) is 52.9 cm³/mol. The van der Waals surface area contributed by atoms with Gasteiger partial charge in [0, 0.05) is 12.5 Å². The second-order valence-corrected chi connectivity index (χ2v) is 3.48. The summed E-state index contributed by atoms with van der Waals surface area (Å²) >= 11 is 0. The summed E-state index contributed by atoms with van der Waals surface area (Å²) in [5, 5.41) is 0. The molecule has 1 aliphatic heterocycles. The third-order valence-corrected chi connectivity index (χ3v) is 2.59. The average Bonchev–Trinajstić information content (AvgIpc) is 2.63. The van der Waals surface area contributed by atoms with Gasteiger partial charge >= 0.3 is 0 Å². The smallest absolute Gasteiger partial charge is 0.122 e. The number of fused-ring (bicyclic) bond motifs is 1. The maximum Gasteiger partial charge on any atom is 0.122 e. The minimum Gasteiger partial charge on any atom is -0.493 e. The predicted octanol–water partition coefficient (Wildman–Crippen LogP) is 2.03. The maximum atomic E-state index is 5.93. The molecule has 1 aromatic carbocycles. The molecule has 1 aliphatic rings. The molecule has 0 radical (unpaired) electrons. The van der Waals surface area contributed by atoms with Crippen LogP contribution in [0.4, 0.5) is 0 Å². The Morgan fingerprint density at radius 2 is 2.38 bits per heavy atom. The molecule has 1 atom stereocenters. The summed E-state index contributed by atoms with van der Waals surface area (Å²) in [5.74, 6) is 1.03. The molecule has 0 spiro atoms. The summed E-state index contributed by atoms with van der Waals surface area (Å²) in [6.45, 7) is 2.92. The van der Waals surface area contributed by atoms with Crippen LogP contribution in [0, 0.1) is 0 Å². The Morgan fingerprint density at radius 3 is 3.15 bits per heavy atom. The first-order valence-corrected chi connectivity index (χ1v) is 4.82. The fraction of sp³-hybridized carbons (Fsp3) is 0.455.